The number of amides is 4. The van der Waals surface area contributed by atoms with Gasteiger partial charge in [0.1, 0.15) is 12.4 Å². The van der Waals surface area contributed by atoms with Crippen LogP contribution in [0.15, 0.2) is 60.7 Å². The van der Waals surface area contributed by atoms with E-state index < -0.39 is 5.41 Å². The summed E-state index contributed by atoms with van der Waals surface area (Å²) < 4.78 is 5.83. The number of piperidine rings is 1. The third-order valence-corrected chi connectivity index (χ3v) is 6.81. The largest absolute Gasteiger partial charge is 0.489 e. The number of nitrogens with zero attached hydrogens (tertiary/aromatic N) is 1. The Kier molecular flexibility index (Phi) is 9.32. The Labute approximate surface area is 228 Å². The molecule has 4 N–H and O–H groups in total. The van der Waals surface area contributed by atoms with E-state index in [4.69, 9.17) is 4.74 Å². The molecule has 2 aromatic carbocycles. The lowest BCUT2D eigenvalue weighted by atomic mass is 9.76. The molecule has 10 heteroatoms. The molecule has 1 saturated heterocycles. The highest BCUT2D eigenvalue weighted by molar-refractivity contribution is 5.97. The minimum absolute atomic E-state index is 0.0899. The van der Waals surface area contributed by atoms with E-state index in [0.29, 0.717) is 55.2 Å². The monoisotopic (exact) mass is 533 g/mol. The fourth-order valence-electron chi connectivity index (χ4n) is 5.02. The summed E-state index contributed by atoms with van der Waals surface area (Å²) in [6.45, 7) is 3.55. The zero-order valence-corrected chi connectivity index (χ0v) is 22.1. The number of fused-ring (bicyclic) bond motifs is 1. The average molecular weight is 534 g/mol. The van der Waals surface area contributed by atoms with Crippen molar-refractivity contribution < 1.29 is 23.9 Å². The second kappa shape index (κ2) is 13.1. The smallest absolute Gasteiger partial charge is 0.255 e. The van der Waals surface area contributed by atoms with Gasteiger partial charge in [-0.25, -0.2) is 0 Å². The molecule has 1 fully saturated rings. The summed E-state index contributed by atoms with van der Waals surface area (Å²) in [6, 6.07) is 14.0. The molecule has 0 radical (unpaired) electrons. The van der Waals surface area contributed by atoms with Crippen LogP contribution in [0.3, 0.4) is 0 Å². The van der Waals surface area contributed by atoms with Crippen LogP contribution in [0.5, 0.6) is 5.75 Å². The molecule has 4 rings (SSSR count). The van der Waals surface area contributed by atoms with E-state index in [0.717, 1.165) is 6.42 Å². The Morgan fingerprint density at radius 1 is 1.00 bits per heavy atom. The molecule has 4 amide bonds. The maximum absolute atomic E-state index is 13.4. The summed E-state index contributed by atoms with van der Waals surface area (Å²) in [7, 11) is 0. The molecule has 2 aromatic rings. The van der Waals surface area contributed by atoms with Crippen molar-refractivity contribution in [2.24, 2.45) is 5.41 Å². The van der Waals surface area contributed by atoms with E-state index in [1.54, 1.807) is 42.5 Å². The topological polar surface area (TPSA) is 129 Å². The minimum atomic E-state index is -0.702. The normalized spacial score (nSPS) is 21.4. The Bertz CT molecular complexity index is 1250. The van der Waals surface area contributed by atoms with Gasteiger partial charge in [-0.15, -0.1) is 0 Å². The van der Waals surface area contributed by atoms with Crippen LogP contribution < -0.4 is 26.0 Å². The van der Waals surface area contributed by atoms with Crippen LogP contribution in [-0.2, 0) is 14.4 Å². The van der Waals surface area contributed by atoms with Crippen molar-refractivity contribution in [2.45, 2.75) is 26.2 Å². The van der Waals surface area contributed by atoms with Crippen LogP contribution in [0.4, 0.5) is 11.4 Å². The Morgan fingerprint density at radius 3 is 2.59 bits per heavy atom. The Morgan fingerprint density at radius 2 is 1.77 bits per heavy atom. The van der Waals surface area contributed by atoms with Crippen molar-refractivity contribution in [1.29, 1.82) is 0 Å². The van der Waals surface area contributed by atoms with Crippen molar-refractivity contribution in [3.05, 3.63) is 66.2 Å². The molecule has 1 spiro atoms. The van der Waals surface area contributed by atoms with E-state index in [-0.39, 0.29) is 43.3 Å². The predicted octanol–water partition coefficient (Wildman–Crippen LogP) is 2.55. The SMILES string of the molecule is CC(=O)Nc1cccc(NC(=O)CN2CCCC3(C/C=C\COc4ccccc4C(=O)NCCNC3=O)C2)c1. The summed E-state index contributed by atoms with van der Waals surface area (Å²) in [4.78, 5) is 52.2. The van der Waals surface area contributed by atoms with Crippen molar-refractivity contribution in [2.75, 3.05) is 50.0 Å². The molecule has 2 aliphatic rings. The number of ether oxygens (including phenoxy) is 1. The maximum atomic E-state index is 13.4. The highest BCUT2D eigenvalue weighted by Gasteiger charge is 2.41. The van der Waals surface area contributed by atoms with Gasteiger partial charge in [-0.05, 0) is 56.1 Å². The van der Waals surface area contributed by atoms with Crippen molar-refractivity contribution >= 4 is 35.0 Å². The first-order chi connectivity index (χ1) is 18.8. The van der Waals surface area contributed by atoms with E-state index >= 15 is 0 Å². The second-order valence-electron chi connectivity index (χ2n) is 9.90. The molecule has 10 nitrogen and oxygen atoms in total. The molecule has 206 valence electrons. The number of allylic oxidation sites excluding steroid dienone is 1. The molecule has 2 heterocycles. The number of para-hydroxylation sites is 1. The Hall–Kier alpha value is -4.18. The van der Waals surface area contributed by atoms with Crippen LogP contribution in [0, 0.1) is 5.41 Å². The van der Waals surface area contributed by atoms with Crippen LogP contribution in [0.1, 0.15) is 36.5 Å². The molecule has 0 bridgehead atoms. The second-order valence-corrected chi connectivity index (χ2v) is 9.90. The summed E-state index contributed by atoms with van der Waals surface area (Å²) in [5, 5.41) is 11.4. The Balaban J connectivity index is 1.42. The van der Waals surface area contributed by atoms with Gasteiger partial charge in [-0.2, -0.15) is 0 Å². The number of carbonyl (C=O) groups is 4. The van der Waals surface area contributed by atoms with Gasteiger partial charge in [-0.1, -0.05) is 30.4 Å². The van der Waals surface area contributed by atoms with E-state index in [2.05, 4.69) is 21.3 Å². The van der Waals surface area contributed by atoms with Crippen molar-refractivity contribution in [1.82, 2.24) is 15.5 Å². The fourth-order valence-corrected chi connectivity index (χ4v) is 5.02. The van der Waals surface area contributed by atoms with Crippen molar-refractivity contribution in [3.8, 4) is 5.75 Å². The minimum Gasteiger partial charge on any atom is -0.489 e. The highest BCUT2D eigenvalue weighted by Crippen LogP contribution is 2.34. The summed E-state index contributed by atoms with van der Waals surface area (Å²) >= 11 is 0. The molecule has 0 aromatic heterocycles. The van der Waals surface area contributed by atoms with Gasteiger partial charge in [0.05, 0.1) is 17.5 Å². The van der Waals surface area contributed by atoms with Gasteiger partial charge >= 0.3 is 0 Å². The standard InChI is InChI=1S/C29H35N5O5/c1-21(35)32-22-8-6-9-23(18-22)33-26(36)19-34-16-7-13-29(20-34)12-4-5-17-39-25-11-3-2-10-24(25)27(37)30-14-15-31-28(29)38/h2-6,8-11,18H,7,12-17,19-20H2,1H3,(H,30,37)(H,31,38)(H,32,35)(H,33,36)/b5-4-. The van der Waals surface area contributed by atoms with Gasteiger partial charge in [0, 0.05) is 37.9 Å². The lowest BCUT2D eigenvalue weighted by molar-refractivity contribution is -0.135. The zero-order valence-electron chi connectivity index (χ0n) is 22.1. The number of nitrogens with one attached hydrogen (secondary N) is 4. The number of hydrogen-bond acceptors (Lipinski definition) is 6. The first-order valence-electron chi connectivity index (χ1n) is 13.2. The third kappa shape index (κ3) is 7.67. The van der Waals surface area contributed by atoms with Crippen LogP contribution in [0.25, 0.3) is 0 Å². The average Bonchev–Trinajstić information content (AvgIpc) is 2.90. The number of likely N-dealkylation sites (tertiary alicyclic amines) is 1. The van der Waals surface area contributed by atoms with Crippen LogP contribution >= 0.6 is 0 Å². The van der Waals surface area contributed by atoms with Gasteiger partial charge in [0.25, 0.3) is 5.91 Å². The molecule has 1 unspecified atom stereocenters. The fraction of sp³-hybridized carbons (Fsp3) is 0.379. The van der Waals surface area contributed by atoms with E-state index in [1.165, 1.54) is 6.92 Å². The molecule has 1 atom stereocenters. The number of anilines is 2. The van der Waals surface area contributed by atoms with E-state index in [9.17, 15) is 19.2 Å². The summed E-state index contributed by atoms with van der Waals surface area (Å²) in [6.07, 6.45) is 5.78. The quantitative estimate of drug-likeness (QED) is 0.447. The molecule has 0 aliphatic carbocycles. The molecule has 39 heavy (non-hydrogen) atoms. The summed E-state index contributed by atoms with van der Waals surface area (Å²) in [5.41, 5.74) is 0.935. The van der Waals surface area contributed by atoms with Gasteiger partial charge in [-0.3, -0.25) is 24.1 Å². The highest BCUT2D eigenvalue weighted by atomic mass is 16.5. The number of rotatable bonds is 4. The first kappa shape index (κ1) is 27.8. The van der Waals surface area contributed by atoms with Crippen molar-refractivity contribution in [3.63, 3.8) is 0 Å². The zero-order chi connectivity index (χ0) is 27.7. The molecule has 0 saturated carbocycles. The molecular formula is C29H35N5O5. The third-order valence-electron chi connectivity index (χ3n) is 6.81. The predicted molar refractivity (Wildman–Crippen MR) is 149 cm³/mol. The van der Waals surface area contributed by atoms with Gasteiger partial charge in [0.15, 0.2) is 0 Å². The lowest BCUT2D eigenvalue weighted by Gasteiger charge is -2.41. The number of hydrogen-bond donors (Lipinski definition) is 4. The van der Waals surface area contributed by atoms with Crippen LogP contribution in [0.2, 0.25) is 0 Å². The number of carbonyl (C=O) groups excluding carboxylic acids is 4. The summed E-state index contributed by atoms with van der Waals surface area (Å²) in [5.74, 6) is -0.223. The van der Waals surface area contributed by atoms with Gasteiger partial charge in [0.2, 0.25) is 17.7 Å². The first-order valence-corrected chi connectivity index (χ1v) is 13.2. The van der Waals surface area contributed by atoms with E-state index in [1.807, 2.05) is 23.1 Å². The van der Waals surface area contributed by atoms with Gasteiger partial charge < -0.3 is 26.0 Å². The maximum Gasteiger partial charge on any atom is 0.255 e. The lowest BCUT2D eigenvalue weighted by Crippen LogP contribution is -2.53. The molecular weight excluding hydrogens is 498 g/mol. The number of benzene rings is 2. The van der Waals surface area contributed by atoms with Crippen LogP contribution in [-0.4, -0.2) is 67.9 Å². The molecule has 2 aliphatic heterocycles.